The van der Waals surface area contributed by atoms with Crippen LogP contribution < -0.4 is 5.32 Å². The van der Waals surface area contributed by atoms with E-state index in [1.165, 1.54) is 0 Å². The van der Waals surface area contributed by atoms with Crippen LogP contribution in [-0.2, 0) is 6.54 Å². The number of urea groups is 1. The highest BCUT2D eigenvalue weighted by Crippen LogP contribution is 2.25. The first-order chi connectivity index (χ1) is 11.8. The Morgan fingerprint density at radius 1 is 1.17 bits per heavy atom. The highest BCUT2D eigenvalue weighted by Gasteiger charge is 2.27. The second kappa shape index (κ2) is 7.60. The third-order valence-electron chi connectivity index (χ3n) is 4.31. The van der Waals surface area contributed by atoms with Gasteiger partial charge in [0.1, 0.15) is 11.8 Å². The molecule has 5 nitrogen and oxygen atoms in total. The molecule has 3 rings (SSSR count). The van der Waals surface area contributed by atoms with Gasteiger partial charge < -0.3 is 10.2 Å². The predicted molar refractivity (Wildman–Crippen MR) is 92.2 cm³/mol. The van der Waals surface area contributed by atoms with Gasteiger partial charge in [-0.2, -0.15) is 5.26 Å². The normalized spacial score (nSPS) is 14.1. The zero-order valence-corrected chi connectivity index (χ0v) is 13.5. The second-order valence-electron chi connectivity index (χ2n) is 5.99. The van der Waals surface area contributed by atoms with Gasteiger partial charge in [0.15, 0.2) is 0 Å². The molecule has 0 saturated heterocycles. The van der Waals surface area contributed by atoms with E-state index in [4.69, 9.17) is 5.26 Å². The van der Waals surface area contributed by atoms with Crippen molar-refractivity contribution in [1.82, 2.24) is 9.88 Å². The Morgan fingerprint density at radius 3 is 2.62 bits per heavy atom. The third kappa shape index (κ3) is 3.90. The molecule has 1 N–H and O–H groups in total. The lowest BCUT2D eigenvalue weighted by Crippen LogP contribution is -2.41. The van der Waals surface area contributed by atoms with Gasteiger partial charge in [0, 0.05) is 11.7 Å². The van der Waals surface area contributed by atoms with E-state index >= 15 is 0 Å². The van der Waals surface area contributed by atoms with Crippen LogP contribution >= 0.6 is 0 Å². The first-order valence-electron chi connectivity index (χ1n) is 8.25. The average Bonchev–Trinajstić information content (AvgIpc) is 3.15. The first kappa shape index (κ1) is 16.0. The molecular formula is C19H20N4O. The molecule has 1 aliphatic rings. The number of benzene rings is 1. The Bertz CT molecular complexity index is 733. The maximum Gasteiger partial charge on any atom is 0.322 e. The van der Waals surface area contributed by atoms with Crippen LogP contribution in [-0.4, -0.2) is 22.0 Å². The molecule has 1 heterocycles. The van der Waals surface area contributed by atoms with E-state index in [2.05, 4.69) is 10.3 Å². The molecule has 0 bridgehead atoms. The predicted octanol–water partition coefficient (Wildman–Crippen LogP) is 3.93. The van der Waals surface area contributed by atoms with Crippen LogP contribution in [0.1, 0.15) is 37.1 Å². The number of nitriles is 1. The summed E-state index contributed by atoms with van der Waals surface area (Å²) in [5.41, 5.74) is 1.90. The number of nitrogens with one attached hydrogen (secondary N) is 1. The molecular weight excluding hydrogens is 300 g/mol. The molecule has 2 aromatic rings. The van der Waals surface area contributed by atoms with E-state index in [-0.39, 0.29) is 12.1 Å². The third-order valence-corrected chi connectivity index (χ3v) is 4.31. The number of pyridine rings is 1. The van der Waals surface area contributed by atoms with Gasteiger partial charge in [0.25, 0.3) is 0 Å². The van der Waals surface area contributed by atoms with Crippen molar-refractivity contribution >= 4 is 11.7 Å². The summed E-state index contributed by atoms with van der Waals surface area (Å²) in [5, 5.41) is 12.0. The molecule has 1 fully saturated rings. The number of para-hydroxylation sites is 1. The minimum Gasteiger partial charge on any atom is -0.316 e. The van der Waals surface area contributed by atoms with Crippen LogP contribution in [0.5, 0.6) is 0 Å². The summed E-state index contributed by atoms with van der Waals surface area (Å²) in [7, 11) is 0. The van der Waals surface area contributed by atoms with Crippen LogP contribution in [0, 0.1) is 11.3 Å². The minimum atomic E-state index is -0.114. The fourth-order valence-corrected chi connectivity index (χ4v) is 3.10. The molecule has 1 saturated carbocycles. The topological polar surface area (TPSA) is 69.0 Å². The van der Waals surface area contributed by atoms with Crippen molar-refractivity contribution in [2.24, 2.45) is 0 Å². The molecule has 122 valence electrons. The molecule has 0 aliphatic heterocycles. The molecule has 0 unspecified atom stereocenters. The molecule has 1 aromatic carbocycles. The number of nitrogens with zero attached hydrogens (tertiary/aromatic N) is 3. The number of carbonyl (C=O) groups excluding carboxylic acids is 1. The maximum absolute atomic E-state index is 12.8. The molecule has 2 amide bonds. The number of hydrogen-bond donors (Lipinski definition) is 1. The highest BCUT2D eigenvalue weighted by atomic mass is 16.2. The Balaban J connectivity index is 1.78. The molecule has 1 aliphatic carbocycles. The summed E-state index contributed by atoms with van der Waals surface area (Å²) in [4.78, 5) is 18.9. The fraction of sp³-hybridized carbons (Fsp3) is 0.316. The average molecular weight is 320 g/mol. The quantitative estimate of drug-likeness (QED) is 0.928. The highest BCUT2D eigenvalue weighted by molar-refractivity contribution is 5.89. The van der Waals surface area contributed by atoms with Crippen LogP contribution in [0.3, 0.4) is 0 Å². The van der Waals surface area contributed by atoms with Gasteiger partial charge in [0.05, 0.1) is 12.2 Å². The van der Waals surface area contributed by atoms with Crippen LogP contribution in [0.2, 0.25) is 0 Å². The molecule has 5 heteroatoms. The lowest BCUT2D eigenvalue weighted by molar-refractivity contribution is 0.183. The lowest BCUT2D eigenvalue weighted by atomic mass is 10.2. The van der Waals surface area contributed by atoms with Crippen LogP contribution in [0.4, 0.5) is 10.5 Å². The smallest absolute Gasteiger partial charge is 0.316 e. The largest absolute Gasteiger partial charge is 0.322 e. The van der Waals surface area contributed by atoms with Crippen LogP contribution in [0.15, 0.2) is 48.5 Å². The summed E-state index contributed by atoms with van der Waals surface area (Å²) in [6.45, 7) is 0.416. The minimum absolute atomic E-state index is 0.114. The standard InChI is InChI=1S/C19H20N4O/c20-13-16-9-6-10-17(21-16)14-23(18-11-4-5-12-18)19(24)22-15-7-2-1-3-8-15/h1-3,6-10,18H,4-5,11-12,14H2,(H,22,24). The van der Waals surface area contributed by atoms with Crippen molar-refractivity contribution in [2.45, 2.75) is 38.3 Å². The van der Waals surface area contributed by atoms with Crippen molar-refractivity contribution in [1.29, 1.82) is 5.26 Å². The van der Waals surface area contributed by atoms with Gasteiger partial charge in [-0.1, -0.05) is 37.1 Å². The number of anilines is 1. The maximum atomic E-state index is 12.8. The van der Waals surface area contributed by atoms with Gasteiger partial charge in [-0.3, -0.25) is 0 Å². The first-order valence-corrected chi connectivity index (χ1v) is 8.25. The van der Waals surface area contributed by atoms with Gasteiger partial charge in [0.2, 0.25) is 0 Å². The van der Waals surface area contributed by atoms with Gasteiger partial charge in [-0.25, -0.2) is 9.78 Å². The van der Waals surface area contributed by atoms with Crippen molar-refractivity contribution in [3.8, 4) is 6.07 Å². The Kier molecular flexibility index (Phi) is 5.07. The van der Waals surface area contributed by atoms with E-state index in [9.17, 15) is 4.79 Å². The van der Waals surface area contributed by atoms with E-state index < -0.39 is 0 Å². The van der Waals surface area contributed by atoms with Crippen molar-refractivity contribution in [3.05, 3.63) is 59.9 Å². The zero-order valence-electron chi connectivity index (χ0n) is 13.5. The van der Waals surface area contributed by atoms with E-state index in [0.29, 0.717) is 12.2 Å². The van der Waals surface area contributed by atoms with Crippen molar-refractivity contribution < 1.29 is 4.79 Å². The summed E-state index contributed by atoms with van der Waals surface area (Å²) < 4.78 is 0. The Labute approximate surface area is 141 Å². The van der Waals surface area contributed by atoms with Crippen molar-refractivity contribution in [3.63, 3.8) is 0 Å². The van der Waals surface area contributed by atoms with Crippen molar-refractivity contribution in [2.75, 3.05) is 5.32 Å². The molecule has 1 aromatic heterocycles. The second-order valence-corrected chi connectivity index (χ2v) is 5.99. The fourth-order valence-electron chi connectivity index (χ4n) is 3.10. The van der Waals surface area contributed by atoms with Crippen LogP contribution in [0.25, 0.3) is 0 Å². The van der Waals surface area contributed by atoms with E-state index in [0.717, 1.165) is 37.1 Å². The number of rotatable bonds is 4. The van der Waals surface area contributed by atoms with E-state index in [1.54, 1.807) is 6.07 Å². The summed E-state index contributed by atoms with van der Waals surface area (Å²) in [5.74, 6) is 0. The van der Waals surface area contributed by atoms with Gasteiger partial charge >= 0.3 is 6.03 Å². The Hall–Kier alpha value is -2.87. The monoisotopic (exact) mass is 320 g/mol. The van der Waals surface area contributed by atoms with Gasteiger partial charge in [-0.15, -0.1) is 0 Å². The molecule has 24 heavy (non-hydrogen) atoms. The lowest BCUT2D eigenvalue weighted by Gasteiger charge is -2.29. The zero-order chi connectivity index (χ0) is 16.8. The number of hydrogen-bond acceptors (Lipinski definition) is 3. The summed E-state index contributed by atoms with van der Waals surface area (Å²) >= 11 is 0. The summed E-state index contributed by atoms with van der Waals surface area (Å²) in [6, 6.07) is 17.0. The number of aromatic nitrogens is 1. The molecule has 0 atom stereocenters. The summed E-state index contributed by atoms with van der Waals surface area (Å²) in [6.07, 6.45) is 4.32. The Morgan fingerprint density at radius 2 is 1.92 bits per heavy atom. The van der Waals surface area contributed by atoms with Gasteiger partial charge in [-0.05, 0) is 37.1 Å². The van der Waals surface area contributed by atoms with E-state index in [1.807, 2.05) is 53.4 Å². The number of amides is 2. The SMILES string of the molecule is N#Cc1cccc(CN(C(=O)Nc2ccccc2)C2CCCC2)n1. The number of carbonyl (C=O) groups is 1. The molecule has 0 spiro atoms. The molecule has 0 radical (unpaired) electrons.